The van der Waals surface area contributed by atoms with E-state index in [1.54, 1.807) is 6.33 Å². The van der Waals surface area contributed by atoms with Crippen LogP contribution in [0.2, 0.25) is 0 Å². The second-order valence-electron chi connectivity index (χ2n) is 6.62. The number of aromatic nitrogens is 3. The highest BCUT2D eigenvalue weighted by Gasteiger charge is 2.28. The fraction of sp³-hybridized carbons (Fsp3) is 0.316. The van der Waals surface area contributed by atoms with Crippen LogP contribution >= 0.6 is 0 Å². The van der Waals surface area contributed by atoms with Crippen LogP contribution in [0.15, 0.2) is 48.9 Å². The van der Waals surface area contributed by atoms with Crippen molar-refractivity contribution in [1.29, 1.82) is 0 Å². The van der Waals surface area contributed by atoms with Gasteiger partial charge in [-0.05, 0) is 30.5 Å². The van der Waals surface area contributed by atoms with Crippen LogP contribution in [0.3, 0.4) is 0 Å². The monoisotopic (exact) mass is 319 g/mol. The van der Waals surface area contributed by atoms with Crippen LogP contribution in [0, 0.1) is 0 Å². The summed E-state index contributed by atoms with van der Waals surface area (Å²) in [5.41, 5.74) is 9.18. The molecule has 24 heavy (non-hydrogen) atoms. The van der Waals surface area contributed by atoms with E-state index < -0.39 is 0 Å². The van der Waals surface area contributed by atoms with Gasteiger partial charge in [0.25, 0.3) is 0 Å². The average Bonchev–Trinajstić information content (AvgIpc) is 2.59. The quantitative estimate of drug-likeness (QED) is 0.801. The molecule has 0 spiro atoms. The standard InChI is InChI=1S/C19H21N5/c1-24(11-13-6-14-4-2-3-5-17(14)21-10-13)19-9-18(22-12-23-19)15-7-16(20)8-15/h2-6,9-10,12,15-16H,7-8,11,20H2,1H3. The zero-order valence-electron chi connectivity index (χ0n) is 13.8. The summed E-state index contributed by atoms with van der Waals surface area (Å²) in [6.07, 6.45) is 5.64. The van der Waals surface area contributed by atoms with Crippen LogP contribution < -0.4 is 10.6 Å². The maximum atomic E-state index is 5.89. The average molecular weight is 319 g/mol. The highest BCUT2D eigenvalue weighted by molar-refractivity contribution is 5.78. The molecule has 0 amide bonds. The largest absolute Gasteiger partial charge is 0.355 e. The molecule has 0 saturated heterocycles. The van der Waals surface area contributed by atoms with Gasteiger partial charge >= 0.3 is 0 Å². The summed E-state index contributed by atoms with van der Waals surface area (Å²) < 4.78 is 0. The molecule has 0 atom stereocenters. The molecule has 5 nitrogen and oxygen atoms in total. The van der Waals surface area contributed by atoms with Gasteiger partial charge in [-0.1, -0.05) is 18.2 Å². The summed E-state index contributed by atoms with van der Waals surface area (Å²) in [5.74, 6) is 1.42. The molecule has 0 aliphatic heterocycles. The van der Waals surface area contributed by atoms with Gasteiger partial charge < -0.3 is 10.6 Å². The van der Waals surface area contributed by atoms with E-state index >= 15 is 0 Å². The van der Waals surface area contributed by atoms with Crippen molar-refractivity contribution >= 4 is 16.7 Å². The lowest BCUT2D eigenvalue weighted by molar-refractivity contribution is 0.345. The lowest BCUT2D eigenvalue weighted by Gasteiger charge is -2.32. The predicted octanol–water partition coefficient (Wildman–Crippen LogP) is 2.87. The van der Waals surface area contributed by atoms with Crippen molar-refractivity contribution < 1.29 is 0 Å². The molecule has 1 fully saturated rings. The minimum absolute atomic E-state index is 0.329. The normalized spacial score (nSPS) is 19.9. The second kappa shape index (κ2) is 6.17. The smallest absolute Gasteiger partial charge is 0.132 e. The Kier molecular flexibility index (Phi) is 3.86. The van der Waals surface area contributed by atoms with E-state index in [4.69, 9.17) is 5.73 Å². The van der Waals surface area contributed by atoms with Gasteiger partial charge in [0.1, 0.15) is 12.1 Å². The minimum Gasteiger partial charge on any atom is -0.355 e. The van der Waals surface area contributed by atoms with Crippen molar-refractivity contribution in [3.63, 3.8) is 0 Å². The van der Waals surface area contributed by atoms with Gasteiger partial charge in [0.05, 0.1) is 5.52 Å². The van der Waals surface area contributed by atoms with Crippen molar-refractivity contribution in [3.8, 4) is 0 Å². The minimum atomic E-state index is 0.329. The number of anilines is 1. The topological polar surface area (TPSA) is 67.9 Å². The van der Waals surface area contributed by atoms with E-state index in [-0.39, 0.29) is 0 Å². The van der Waals surface area contributed by atoms with E-state index in [0.717, 1.165) is 41.8 Å². The molecular weight excluding hydrogens is 298 g/mol. The van der Waals surface area contributed by atoms with Crippen molar-refractivity contribution in [1.82, 2.24) is 15.0 Å². The van der Waals surface area contributed by atoms with Crippen molar-refractivity contribution in [3.05, 3.63) is 60.2 Å². The third-order valence-electron chi connectivity index (χ3n) is 4.72. The van der Waals surface area contributed by atoms with Crippen molar-refractivity contribution in [2.24, 2.45) is 5.73 Å². The first kappa shape index (κ1) is 15.0. The Morgan fingerprint density at radius 2 is 1.96 bits per heavy atom. The summed E-state index contributed by atoms with van der Waals surface area (Å²) in [5, 5.41) is 1.16. The zero-order chi connectivity index (χ0) is 16.5. The van der Waals surface area contributed by atoms with Crippen molar-refractivity contribution in [2.75, 3.05) is 11.9 Å². The number of nitrogens with zero attached hydrogens (tertiary/aromatic N) is 4. The van der Waals surface area contributed by atoms with Gasteiger partial charge in [-0.2, -0.15) is 0 Å². The van der Waals surface area contributed by atoms with Crippen LogP contribution in [0.25, 0.3) is 10.9 Å². The molecule has 0 bridgehead atoms. The number of para-hydroxylation sites is 1. The van der Waals surface area contributed by atoms with Gasteiger partial charge in [-0.15, -0.1) is 0 Å². The Bertz CT molecular complexity index is 857. The molecule has 5 heteroatoms. The lowest BCUT2D eigenvalue weighted by Crippen LogP contribution is -2.35. The molecule has 0 unspecified atom stereocenters. The Labute approximate surface area is 141 Å². The number of hydrogen-bond donors (Lipinski definition) is 1. The van der Waals surface area contributed by atoms with E-state index in [1.165, 1.54) is 5.56 Å². The molecule has 1 aliphatic rings. The molecule has 2 N–H and O–H groups in total. The van der Waals surface area contributed by atoms with Crippen LogP contribution in [-0.4, -0.2) is 28.0 Å². The van der Waals surface area contributed by atoms with Gasteiger partial charge in [0.2, 0.25) is 0 Å². The Hall–Kier alpha value is -2.53. The third kappa shape index (κ3) is 2.95. The third-order valence-corrected chi connectivity index (χ3v) is 4.72. The molecule has 2 heterocycles. The Morgan fingerprint density at radius 3 is 2.79 bits per heavy atom. The first-order valence-corrected chi connectivity index (χ1v) is 8.31. The molecule has 122 valence electrons. The number of pyridine rings is 1. The van der Waals surface area contributed by atoms with Crippen LogP contribution in [0.1, 0.15) is 30.0 Å². The summed E-state index contributed by atoms with van der Waals surface area (Å²) >= 11 is 0. The second-order valence-corrected chi connectivity index (χ2v) is 6.62. The predicted molar refractivity (Wildman–Crippen MR) is 95.8 cm³/mol. The van der Waals surface area contributed by atoms with Gasteiger partial charge in [-0.25, -0.2) is 9.97 Å². The molecule has 3 aromatic rings. The maximum Gasteiger partial charge on any atom is 0.132 e. The number of fused-ring (bicyclic) bond motifs is 1. The first-order valence-electron chi connectivity index (χ1n) is 8.31. The van der Waals surface area contributed by atoms with Gasteiger partial charge in [-0.3, -0.25) is 4.98 Å². The van der Waals surface area contributed by atoms with Gasteiger partial charge in [0.15, 0.2) is 0 Å². The molecule has 1 saturated carbocycles. The zero-order valence-corrected chi connectivity index (χ0v) is 13.8. The van der Waals surface area contributed by atoms with Crippen LogP contribution in [0.5, 0.6) is 0 Å². The molecule has 1 aliphatic carbocycles. The highest BCUT2D eigenvalue weighted by atomic mass is 15.2. The van der Waals surface area contributed by atoms with E-state index in [9.17, 15) is 0 Å². The number of benzene rings is 1. The van der Waals surface area contributed by atoms with Gasteiger partial charge in [0, 0.05) is 48.9 Å². The number of rotatable bonds is 4. The fourth-order valence-electron chi connectivity index (χ4n) is 3.25. The highest BCUT2D eigenvalue weighted by Crippen LogP contribution is 2.35. The van der Waals surface area contributed by atoms with Crippen LogP contribution in [-0.2, 0) is 6.54 Å². The Morgan fingerprint density at radius 1 is 1.12 bits per heavy atom. The first-order chi connectivity index (χ1) is 11.7. The summed E-state index contributed by atoms with van der Waals surface area (Å²) in [6.45, 7) is 0.762. The van der Waals surface area contributed by atoms with Crippen molar-refractivity contribution in [2.45, 2.75) is 31.3 Å². The summed E-state index contributed by atoms with van der Waals surface area (Å²) in [7, 11) is 2.05. The van der Waals surface area contributed by atoms with E-state index in [0.29, 0.717) is 12.0 Å². The number of hydrogen-bond acceptors (Lipinski definition) is 5. The van der Waals surface area contributed by atoms with E-state index in [1.807, 2.05) is 31.4 Å². The molecular formula is C19H21N5. The molecule has 4 rings (SSSR count). The fourth-order valence-corrected chi connectivity index (χ4v) is 3.25. The Balaban J connectivity index is 1.52. The molecule has 2 aromatic heterocycles. The summed E-state index contributed by atoms with van der Waals surface area (Å²) in [4.78, 5) is 15.5. The lowest BCUT2D eigenvalue weighted by atomic mass is 9.78. The van der Waals surface area contributed by atoms with Crippen LogP contribution in [0.4, 0.5) is 5.82 Å². The SMILES string of the molecule is CN(Cc1cnc2ccccc2c1)c1cc(C2CC(N)C2)ncn1. The maximum absolute atomic E-state index is 5.89. The molecule has 0 radical (unpaired) electrons. The van der Waals surface area contributed by atoms with E-state index in [2.05, 4.69) is 38.1 Å². The molecule has 1 aromatic carbocycles. The number of nitrogens with two attached hydrogens (primary N) is 1. The summed E-state index contributed by atoms with van der Waals surface area (Å²) in [6, 6.07) is 12.8.